The van der Waals surface area contributed by atoms with Gasteiger partial charge in [0.05, 0.1) is 0 Å². The molecule has 0 N–H and O–H groups in total. The van der Waals surface area contributed by atoms with Gasteiger partial charge in [-0.25, -0.2) is 0 Å². The van der Waals surface area contributed by atoms with Crippen LogP contribution < -0.4 is 4.74 Å². The van der Waals surface area contributed by atoms with Gasteiger partial charge in [0.2, 0.25) is 0 Å². The lowest BCUT2D eigenvalue weighted by molar-refractivity contribution is 0.0994. The van der Waals surface area contributed by atoms with E-state index >= 15 is 0 Å². The van der Waals surface area contributed by atoms with Gasteiger partial charge in [0.25, 0.3) is 0 Å². The lowest BCUT2D eigenvalue weighted by Crippen LogP contribution is -1.97. The predicted octanol–water partition coefficient (Wildman–Crippen LogP) is 3.96. The molecule has 0 aliphatic heterocycles. The Morgan fingerprint density at radius 2 is 1.75 bits per heavy atom. The van der Waals surface area contributed by atoms with Crippen molar-refractivity contribution >= 4 is 5.78 Å². The van der Waals surface area contributed by atoms with Crippen LogP contribution in [0.3, 0.4) is 0 Å². The van der Waals surface area contributed by atoms with E-state index in [1.807, 2.05) is 18.2 Å². The molecule has 0 heterocycles. The van der Waals surface area contributed by atoms with Gasteiger partial charge in [0, 0.05) is 12.0 Å². The maximum atomic E-state index is 11.6. The number of hydrogen-bond acceptors (Lipinski definition) is 2. The molecule has 1 aliphatic rings. The van der Waals surface area contributed by atoms with Gasteiger partial charge >= 0.3 is 0 Å². The smallest absolute Gasteiger partial charge is 0.163 e. The van der Waals surface area contributed by atoms with E-state index < -0.39 is 0 Å². The van der Waals surface area contributed by atoms with Crippen molar-refractivity contribution in [2.75, 3.05) is 0 Å². The Balaban J connectivity index is 1.67. The molecule has 0 saturated heterocycles. The zero-order valence-corrected chi connectivity index (χ0v) is 11.7. The van der Waals surface area contributed by atoms with Crippen LogP contribution >= 0.6 is 0 Å². The highest BCUT2D eigenvalue weighted by atomic mass is 16.5. The van der Waals surface area contributed by atoms with Gasteiger partial charge in [-0.15, -0.1) is 0 Å². The molecule has 0 aromatic heterocycles. The fourth-order valence-electron chi connectivity index (χ4n) is 2.56. The summed E-state index contributed by atoms with van der Waals surface area (Å²) in [5.41, 5.74) is 4.49. The molecule has 3 rings (SSSR count). The van der Waals surface area contributed by atoms with Gasteiger partial charge in [0.1, 0.15) is 12.4 Å². The highest BCUT2D eigenvalue weighted by molar-refractivity contribution is 6.00. The Bertz CT molecular complexity index is 626. The maximum absolute atomic E-state index is 11.6. The summed E-state index contributed by atoms with van der Waals surface area (Å²) in [5.74, 6) is 1.10. The molecular weight excluding hydrogens is 248 g/mol. The van der Waals surface area contributed by atoms with Crippen molar-refractivity contribution < 1.29 is 9.53 Å². The quantitative estimate of drug-likeness (QED) is 0.837. The van der Waals surface area contributed by atoms with Gasteiger partial charge in [0.15, 0.2) is 5.78 Å². The van der Waals surface area contributed by atoms with Crippen LogP contribution in [-0.4, -0.2) is 5.78 Å². The molecule has 0 fully saturated rings. The first-order valence-corrected chi connectivity index (χ1v) is 7.13. The molecule has 2 aromatic rings. The van der Waals surface area contributed by atoms with Crippen LogP contribution in [0.4, 0.5) is 0 Å². The minimum Gasteiger partial charge on any atom is -0.489 e. The first-order valence-electron chi connectivity index (χ1n) is 7.13. The van der Waals surface area contributed by atoms with Crippen molar-refractivity contribution in [3.05, 3.63) is 64.7 Å². The normalized spacial score (nSPS) is 13.3. The first kappa shape index (κ1) is 12.9. The molecule has 102 valence electrons. The highest BCUT2D eigenvalue weighted by Crippen LogP contribution is 2.26. The lowest BCUT2D eigenvalue weighted by atomic mass is 10.1. The van der Waals surface area contributed by atoms with Crippen molar-refractivity contribution in [1.29, 1.82) is 0 Å². The van der Waals surface area contributed by atoms with E-state index in [1.54, 1.807) is 0 Å². The third-order valence-corrected chi connectivity index (χ3v) is 3.84. The summed E-state index contributed by atoms with van der Waals surface area (Å²) in [6.07, 6.45) is 2.54. The molecule has 0 atom stereocenters. The van der Waals surface area contributed by atoms with Crippen LogP contribution in [0, 0.1) is 0 Å². The number of carbonyl (C=O) groups excluding carboxylic acids is 1. The average molecular weight is 266 g/mol. The minimum absolute atomic E-state index is 0.252. The van der Waals surface area contributed by atoms with Crippen LogP contribution in [0.1, 0.15) is 40.4 Å². The summed E-state index contributed by atoms with van der Waals surface area (Å²) >= 11 is 0. The molecule has 1 aliphatic carbocycles. The van der Waals surface area contributed by atoms with E-state index in [0.717, 1.165) is 29.7 Å². The number of aryl methyl sites for hydroxylation is 2. The molecule has 0 saturated carbocycles. The molecule has 20 heavy (non-hydrogen) atoms. The average Bonchev–Trinajstić information content (AvgIpc) is 2.87. The molecule has 0 amide bonds. The summed E-state index contributed by atoms with van der Waals surface area (Å²) in [6, 6.07) is 14.3. The van der Waals surface area contributed by atoms with Crippen molar-refractivity contribution in [3.63, 3.8) is 0 Å². The van der Waals surface area contributed by atoms with Gasteiger partial charge in [-0.3, -0.25) is 4.79 Å². The Labute approximate surface area is 119 Å². The maximum Gasteiger partial charge on any atom is 0.163 e. The second-order valence-electron chi connectivity index (χ2n) is 5.20. The molecule has 0 spiro atoms. The molecule has 2 nitrogen and oxygen atoms in total. The van der Waals surface area contributed by atoms with Crippen LogP contribution in [0.15, 0.2) is 42.5 Å². The van der Waals surface area contributed by atoms with Gasteiger partial charge in [-0.2, -0.15) is 0 Å². The fraction of sp³-hybridized carbons (Fsp3) is 0.278. The monoisotopic (exact) mass is 266 g/mol. The van der Waals surface area contributed by atoms with Crippen LogP contribution in [-0.2, 0) is 19.4 Å². The Kier molecular flexibility index (Phi) is 3.55. The van der Waals surface area contributed by atoms with E-state index in [2.05, 4.69) is 31.2 Å². The lowest BCUT2D eigenvalue weighted by Gasteiger charge is -2.08. The summed E-state index contributed by atoms with van der Waals surface area (Å²) in [6.45, 7) is 2.72. The molecule has 0 unspecified atom stereocenters. The number of Topliss-reactive ketones (excluding diaryl/α,β-unsaturated/α-hetero) is 1. The largest absolute Gasteiger partial charge is 0.489 e. The molecule has 0 radical (unpaired) electrons. The van der Waals surface area contributed by atoms with Crippen molar-refractivity contribution in [2.24, 2.45) is 0 Å². The van der Waals surface area contributed by atoms with Crippen molar-refractivity contribution in [3.8, 4) is 5.75 Å². The number of hydrogen-bond donors (Lipinski definition) is 0. The van der Waals surface area contributed by atoms with E-state index in [0.29, 0.717) is 13.0 Å². The summed E-state index contributed by atoms with van der Waals surface area (Å²) in [4.78, 5) is 11.6. The van der Waals surface area contributed by atoms with Gasteiger partial charge < -0.3 is 4.74 Å². The number of ether oxygens (including phenoxy) is 1. The second-order valence-corrected chi connectivity index (χ2v) is 5.20. The third kappa shape index (κ3) is 2.60. The minimum atomic E-state index is 0.252. The summed E-state index contributed by atoms with van der Waals surface area (Å²) < 4.78 is 5.81. The van der Waals surface area contributed by atoms with E-state index in [-0.39, 0.29) is 5.78 Å². The van der Waals surface area contributed by atoms with Crippen LogP contribution in [0.2, 0.25) is 0 Å². The number of benzene rings is 2. The van der Waals surface area contributed by atoms with E-state index in [9.17, 15) is 4.79 Å². The molecular formula is C18H18O2. The van der Waals surface area contributed by atoms with E-state index in [1.165, 1.54) is 11.1 Å². The third-order valence-electron chi connectivity index (χ3n) is 3.84. The fourth-order valence-corrected chi connectivity index (χ4v) is 2.56. The number of carbonyl (C=O) groups is 1. The Hall–Kier alpha value is -2.09. The van der Waals surface area contributed by atoms with Crippen LogP contribution in [0.5, 0.6) is 5.75 Å². The standard InChI is InChI=1S/C18H18O2/c1-2-13-3-5-14(6-4-13)12-20-16-8-9-17-15(11-16)7-10-18(17)19/h3-6,8-9,11H,2,7,10,12H2,1H3. The zero-order chi connectivity index (χ0) is 13.9. The molecule has 0 bridgehead atoms. The van der Waals surface area contributed by atoms with Crippen molar-refractivity contribution in [1.82, 2.24) is 0 Å². The highest BCUT2D eigenvalue weighted by Gasteiger charge is 2.19. The Morgan fingerprint density at radius 3 is 2.50 bits per heavy atom. The van der Waals surface area contributed by atoms with Crippen LogP contribution in [0.25, 0.3) is 0 Å². The number of rotatable bonds is 4. The number of fused-ring (bicyclic) bond motifs is 1. The second kappa shape index (κ2) is 5.49. The SMILES string of the molecule is CCc1ccc(COc2ccc3c(c2)CCC3=O)cc1. The Morgan fingerprint density at radius 1 is 1.00 bits per heavy atom. The van der Waals surface area contributed by atoms with Gasteiger partial charge in [-0.1, -0.05) is 31.2 Å². The van der Waals surface area contributed by atoms with E-state index in [4.69, 9.17) is 4.74 Å². The summed E-state index contributed by atoms with van der Waals surface area (Å²) in [5, 5.41) is 0. The molecule has 2 aromatic carbocycles. The van der Waals surface area contributed by atoms with Gasteiger partial charge in [-0.05, 0) is 47.7 Å². The van der Waals surface area contributed by atoms with Crippen molar-refractivity contribution in [2.45, 2.75) is 32.8 Å². The topological polar surface area (TPSA) is 26.3 Å². The zero-order valence-electron chi connectivity index (χ0n) is 11.7. The molecule has 2 heteroatoms. The predicted molar refractivity (Wildman–Crippen MR) is 79.2 cm³/mol. The number of ketones is 1. The first-order chi connectivity index (χ1) is 9.76. The summed E-state index contributed by atoms with van der Waals surface area (Å²) in [7, 11) is 0.